The third kappa shape index (κ3) is 5.04. The minimum absolute atomic E-state index is 0.0380. The molecule has 0 spiro atoms. The van der Waals surface area contributed by atoms with Crippen LogP contribution in [0.5, 0.6) is 11.5 Å². The lowest BCUT2D eigenvalue weighted by atomic mass is 10.0. The van der Waals surface area contributed by atoms with Gasteiger partial charge < -0.3 is 19.2 Å². The van der Waals surface area contributed by atoms with Gasteiger partial charge in [0.15, 0.2) is 11.5 Å². The Morgan fingerprint density at radius 3 is 2.63 bits per heavy atom. The van der Waals surface area contributed by atoms with Crippen LogP contribution >= 0.6 is 0 Å². The molecule has 1 aliphatic heterocycles. The van der Waals surface area contributed by atoms with Crippen molar-refractivity contribution < 1.29 is 18.7 Å². The molecule has 1 fully saturated rings. The summed E-state index contributed by atoms with van der Waals surface area (Å²) in [5, 5.41) is 3.09. The van der Waals surface area contributed by atoms with Crippen molar-refractivity contribution in [2.45, 2.75) is 31.7 Å². The van der Waals surface area contributed by atoms with E-state index in [1.54, 1.807) is 20.5 Å². The van der Waals surface area contributed by atoms with Gasteiger partial charge in [-0.05, 0) is 55.8 Å². The first-order chi connectivity index (χ1) is 13.2. The molecule has 1 aromatic heterocycles. The zero-order valence-electron chi connectivity index (χ0n) is 16.1. The largest absolute Gasteiger partial charge is 0.493 e. The number of methoxy groups -OCH3 is 2. The van der Waals surface area contributed by atoms with Crippen molar-refractivity contribution in [3.8, 4) is 11.5 Å². The topological polar surface area (TPSA) is 63.9 Å². The number of aryl methyl sites for hydroxylation is 1. The average Bonchev–Trinajstić information content (AvgIpc) is 3.40. The first-order valence-corrected chi connectivity index (χ1v) is 9.46. The molecule has 1 amide bonds. The third-order valence-electron chi connectivity index (χ3n) is 5.04. The number of ether oxygens (including phenoxy) is 2. The lowest BCUT2D eigenvalue weighted by Crippen LogP contribution is -2.36. The van der Waals surface area contributed by atoms with E-state index in [0.717, 1.165) is 24.4 Å². The van der Waals surface area contributed by atoms with Crippen molar-refractivity contribution >= 4 is 5.91 Å². The van der Waals surface area contributed by atoms with Crippen molar-refractivity contribution in [3.05, 3.63) is 47.9 Å². The Balaban J connectivity index is 1.65. The minimum atomic E-state index is 0.0380. The fourth-order valence-electron chi connectivity index (χ4n) is 3.56. The predicted molar refractivity (Wildman–Crippen MR) is 103 cm³/mol. The first kappa shape index (κ1) is 19.3. The van der Waals surface area contributed by atoms with Crippen LogP contribution in [0, 0.1) is 0 Å². The lowest BCUT2D eigenvalue weighted by molar-refractivity contribution is -0.121. The fraction of sp³-hybridized carbons (Fsp3) is 0.476. The number of hydrogen-bond acceptors (Lipinski definition) is 5. The van der Waals surface area contributed by atoms with Gasteiger partial charge in [-0.1, -0.05) is 6.07 Å². The van der Waals surface area contributed by atoms with Gasteiger partial charge in [0, 0.05) is 19.4 Å². The Bertz CT molecular complexity index is 724. The maximum Gasteiger partial charge on any atom is 0.220 e. The molecule has 1 saturated heterocycles. The number of nitrogens with zero attached hydrogens (tertiary/aromatic N) is 1. The highest BCUT2D eigenvalue weighted by Crippen LogP contribution is 2.33. The van der Waals surface area contributed by atoms with E-state index >= 15 is 0 Å². The summed E-state index contributed by atoms with van der Waals surface area (Å²) in [5.41, 5.74) is 1.13. The zero-order valence-corrected chi connectivity index (χ0v) is 16.1. The van der Waals surface area contributed by atoms with Crippen molar-refractivity contribution in [2.24, 2.45) is 0 Å². The van der Waals surface area contributed by atoms with Crippen LogP contribution in [0.3, 0.4) is 0 Å². The molecule has 2 heterocycles. The molecule has 1 unspecified atom stereocenters. The summed E-state index contributed by atoms with van der Waals surface area (Å²) in [6.45, 7) is 2.66. The van der Waals surface area contributed by atoms with E-state index in [-0.39, 0.29) is 11.9 Å². The van der Waals surface area contributed by atoms with Crippen LogP contribution in [-0.2, 0) is 11.2 Å². The van der Waals surface area contributed by atoms with Gasteiger partial charge in [-0.25, -0.2) is 0 Å². The number of likely N-dealkylation sites (tertiary alicyclic amines) is 1. The van der Waals surface area contributed by atoms with Gasteiger partial charge in [-0.3, -0.25) is 9.69 Å². The monoisotopic (exact) mass is 372 g/mol. The standard InChI is InChI=1S/C21H28N2O4/c1-25-19-9-7-16(14-20(19)26-2)18(23-11-3-4-12-23)15-22-21(24)10-8-17-6-5-13-27-17/h5-7,9,13-14,18H,3-4,8,10-12,15H2,1-2H3,(H,22,24). The SMILES string of the molecule is COc1ccc(C(CNC(=O)CCc2ccco2)N2CCCC2)cc1OC. The van der Waals surface area contributed by atoms with Crippen molar-refractivity contribution in [3.63, 3.8) is 0 Å². The summed E-state index contributed by atoms with van der Waals surface area (Å²) in [5.74, 6) is 2.30. The second-order valence-electron chi connectivity index (χ2n) is 6.76. The highest BCUT2D eigenvalue weighted by atomic mass is 16.5. The molecule has 1 N–H and O–H groups in total. The van der Waals surface area contributed by atoms with Crippen LogP contribution < -0.4 is 14.8 Å². The quantitative estimate of drug-likeness (QED) is 0.732. The molecule has 6 heteroatoms. The van der Waals surface area contributed by atoms with E-state index in [2.05, 4.69) is 16.3 Å². The van der Waals surface area contributed by atoms with E-state index in [0.29, 0.717) is 30.9 Å². The van der Waals surface area contributed by atoms with E-state index in [9.17, 15) is 4.79 Å². The summed E-state index contributed by atoms with van der Waals surface area (Å²) in [4.78, 5) is 14.7. The van der Waals surface area contributed by atoms with Gasteiger partial charge >= 0.3 is 0 Å². The molecule has 1 aromatic carbocycles. The van der Waals surface area contributed by atoms with E-state index in [1.165, 1.54) is 12.8 Å². The van der Waals surface area contributed by atoms with Crippen LogP contribution in [0.15, 0.2) is 41.0 Å². The average molecular weight is 372 g/mol. The number of furan rings is 1. The van der Waals surface area contributed by atoms with Crippen molar-refractivity contribution in [2.75, 3.05) is 33.9 Å². The van der Waals surface area contributed by atoms with Gasteiger partial charge in [0.1, 0.15) is 5.76 Å². The van der Waals surface area contributed by atoms with Gasteiger partial charge in [-0.15, -0.1) is 0 Å². The number of rotatable bonds is 9. The normalized spacial score (nSPS) is 15.5. The summed E-state index contributed by atoms with van der Waals surface area (Å²) in [7, 11) is 3.28. The zero-order chi connectivity index (χ0) is 19.1. The molecule has 1 aliphatic rings. The van der Waals surface area contributed by atoms with Crippen LogP contribution in [0.2, 0.25) is 0 Å². The molecule has 146 valence electrons. The van der Waals surface area contributed by atoms with Crippen molar-refractivity contribution in [1.29, 1.82) is 0 Å². The molecule has 0 radical (unpaired) electrons. The van der Waals surface area contributed by atoms with Crippen LogP contribution in [0.25, 0.3) is 0 Å². The molecule has 0 aliphatic carbocycles. The van der Waals surface area contributed by atoms with Gasteiger partial charge in [0.2, 0.25) is 5.91 Å². The number of hydrogen-bond donors (Lipinski definition) is 1. The number of carbonyl (C=O) groups is 1. The Morgan fingerprint density at radius 1 is 1.19 bits per heavy atom. The predicted octanol–water partition coefficient (Wildman–Crippen LogP) is 3.18. The Kier molecular flexibility index (Phi) is 6.76. The summed E-state index contributed by atoms with van der Waals surface area (Å²) in [6.07, 6.45) is 5.05. The van der Waals surface area contributed by atoms with Crippen LogP contribution in [0.1, 0.15) is 36.6 Å². The summed E-state index contributed by atoms with van der Waals surface area (Å²) >= 11 is 0. The van der Waals surface area contributed by atoms with Gasteiger partial charge in [0.25, 0.3) is 0 Å². The van der Waals surface area contributed by atoms with Gasteiger partial charge in [0.05, 0.1) is 26.5 Å². The maximum atomic E-state index is 12.3. The molecule has 27 heavy (non-hydrogen) atoms. The first-order valence-electron chi connectivity index (χ1n) is 9.46. The van der Waals surface area contributed by atoms with E-state index in [1.807, 2.05) is 24.3 Å². The number of amides is 1. The Hall–Kier alpha value is -2.47. The molecule has 0 bridgehead atoms. The molecule has 6 nitrogen and oxygen atoms in total. The van der Waals surface area contributed by atoms with Gasteiger partial charge in [-0.2, -0.15) is 0 Å². The molecule has 2 aromatic rings. The smallest absolute Gasteiger partial charge is 0.220 e. The highest BCUT2D eigenvalue weighted by molar-refractivity contribution is 5.76. The number of carbonyl (C=O) groups excluding carboxylic acids is 1. The second kappa shape index (κ2) is 9.46. The Labute approximate surface area is 160 Å². The number of nitrogens with one attached hydrogen (secondary N) is 1. The Morgan fingerprint density at radius 2 is 1.96 bits per heavy atom. The molecular weight excluding hydrogens is 344 g/mol. The summed E-state index contributed by atoms with van der Waals surface area (Å²) < 4.78 is 16.1. The lowest BCUT2D eigenvalue weighted by Gasteiger charge is -2.28. The van der Waals surface area contributed by atoms with E-state index in [4.69, 9.17) is 13.9 Å². The van der Waals surface area contributed by atoms with E-state index < -0.39 is 0 Å². The third-order valence-corrected chi connectivity index (χ3v) is 5.04. The fourth-order valence-corrected chi connectivity index (χ4v) is 3.56. The van der Waals surface area contributed by atoms with Crippen LogP contribution in [0.4, 0.5) is 0 Å². The maximum absolute atomic E-state index is 12.3. The highest BCUT2D eigenvalue weighted by Gasteiger charge is 2.25. The van der Waals surface area contributed by atoms with Crippen LogP contribution in [-0.4, -0.2) is 44.7 Å². The van der Waals surface area contributed by atoms with Crippen molar-refractivity contribution in [1.82, 2.24) is 10.2 Å². The minimum Gasteiger partial charge on any atom is -0.493 e. The molecule has 0 saturated carbocycles. The second-order valence-corrected chi connectivity index (χ2v) is 6.76. The summed E-state index contributed by atoms with van der Waals surface area (Å²) in [6, 6.07) is 9.85. The molecular formula is C21H28N2O4. The molecule has 3 rings (SSSR count). The number of benzene rings is 1. The molecule has 1 atom stereocenters.